The number of benzene rings is 1. The number of rotatable bonds is 3. The van der Waals surface area contributed by atoms with Crippen molar-refractivity contribution in [2.24, 2.45) is 11.8 Å². The third kappa shape index (κ3) is 2.91. The number of hydrogen-bond acceptors (Lipinski definition) is 2. The third-order valence-corrected chi connectivity index (χ3v) is 3.70. The van der Waals surface area contributed by atoms with E-state index in [2.05, 4.69) is 43.5 Å². The van der Waals surface area contributed by atoms with Crippen molar-refractivity contribution >= 4 is 11.6 Å². The summed E-state index contributed by atoms with van der Waals surface area (Å²) in [6.07, 6.45) is 0. The molecule has 1 aliphatic rings. The average Bonchev–Trinajstić information content (AvgIpc) is 2.76. The molecule has 2 rings (SSSR count). The Morgan fingerprint density at radius 2 is 1.94 bits per heavy atom. The molecule has 2 unspecified atom stereocenters. The van der Waals surface area contributed by atoms with Gasteiger partial charge in [0, 0.05) is 12.2 Å². The minimum absolute atomic E-state index is 0.0924. The molecule has 0 aliphatic carbocycles. The summed E-state index contributed by atoms with van der Waals surface area (Å²) in [6, 6.07) is 8.13. The van der Waals surface area contributed by atoms with Gasteiger partial charge in [0.05, 0.1) is 5.92 Å². The maximum absolute atomic E-state index is 12.1. The minimum atomic E-state index is 0.0924. The zero-order valence-corrected chi connectivity index (χ0v) is 11.4. The summed E-state index contributed by atoms with van der Waals surface area (Å²) in [6.45, 7) is 8.17. The van der Waals surface area contributed by atoms with Crippen molar-refractivity contribution < 1.29 is 4.79 Å². The molecule has 1 aromatic carbocycles. The van der Waals surface area contributed by atoms with E-state index in [4.69, 9.17) is 0 Å². The molecule has 98 valence electrons. The Labute approximate surface area is 109 Å². The van der Waals surface area contributed by atoms with Gasteiger partial charge >= 0.3 is 0 Å². The van der Waals surface area contributed by atoms with Crippen LogP contribution >= 0.6 is 0 Å². The first kappa shape index (κ1) is 13.1. The Morgan fingerprint density at radius 1 is 1.28 bits per heavy atom. The van der Waals surface area contributed by atoms with Crippen LogP contribution in [0.5, 0.6) is 0 Å². The van der Waals surface area contributed by atoms with Crippen LogP contribution in [0.25, 0.3) is 0 Å². The summed E-state index contributed by atoms with van der Waals surface area (Å²) < 4.78 is 0. The van der Waals surface area contributed by atoms with E-state index in [0.29, 0.717) is 11.8 Å². The van der Waals surface area contributed by atoms with Crippen molar-refractivity contribution in [3.05, 3.63) is 29.8 Å². The molecule has 2 N–H and O–H groups in total. The van der Waals surface area contributed by atoms with E-state index in [9.17, 15) is 4.79 Å². The summed E-state index contributed by atoms with van der Waals surface area (Å²) in [5, 5.41) is 6.25. The van der Waals surface area contributed by atoms with Gasteiger partial charge in [0.15, 0.2) is 0 Å². The van der Waals surface area contributed by atoms with Gasteiger partial charge in [-0.15, -0.1) is 0 Å². The first-order valence-corrected chi connectivity index (χ1v) is 6.69. The maximum Gasteiger partial charge on any atom is 0.229 e. The van der Waals surface area contributed by atoms with Gasteiger partial charge in [-0.05, 0) is 36.1 Å². The molecular formula is C15H22N2O. The van der Waals surface area contributed by atoms with Gasteiger partial charge in [-0.25, -0.2) is 0 Å². The Kier molecular flexibility index (Phi) is 4.02. The highest BCUT2D eigenvalue weighted by molar-refractivity contribution is 5.93. The van der Waals surface area contributed by atoms with Crippen molar-refractivity contribution in [3.63, 3.8) is 0 Å². The van der Waals surface area contributed by atoms with E-state index in [1.807, 2.05) is 12.1 Å². The van der Waals surface area contributed by atoms with Gasteiger partial charge in [0.1, 0.15) is 0 Å². The average molecular weight is 246 g/mol. The fourth-order valence-corrected chi connectivity index (χ4v) is 2.35. The Bertz CT molecular complexity index is 411. The second-order valence-corrected chi connectivity index (χ2v) is 5.51. The third-order valence-electron chi connectivity index (χ3n) is 3.70. The molecule has 1 aromatic rings. The summed E-state index contributed by atoms with van der Waals surface area (Å²) >= 11 is 0. The van der Waals surface area contributed by atoms with Crippen LogP contribution in [0.1, 0.15) is 32.3 Å². The molecule has 0 aromatic heterocycles. The van der Waals surface area contributed by atoms with Crippen LogP contribution in [0.3, 0.4) is 0 Å². The quantitative estimate of drug-likeness (QED) is 0.860. The van der Waals surface area contributed by atoms with Crippen molar-refractivity contribution in [1.29, 1.82) is 0 Å². The molecular weight excluding hydrogens is 224 g/mol. The fraction of sp³-hybridized carbons (Fsp3) is 0.533. The molecule has 1 aliphatic heterocycles. The lowest BCUT2D eigenvalue weighted by atomic mass is 9.97. The first-order valence-electron chi connectivity index (χ1n) is 6.69. The zero-order chi connectivity index (χ0) is 13.1. The van der Waals surface area contributed by atoms with Crippen LogP contribution in [0, 0.1) is 11.8 Å². The number of carbonyl (C=O) groups is 1. The second-order valence-electron chi connectivity index (χ2n) is 5.51. The summed E-state index contributed by atoms with van der Waals surface area (Å²) in [5.74, 6) is 1.16. The van der Waals surface area contributed by atoms with Gasteiger partial charge in [-0.1, -0.05) is 32.9 Å². The Morgan fingerprint density at radius 3 is 2.44 bits per heavy atom. The molecule has 2 atom stereocenters. The normalized spacial score (nSPS) is 23.3. The molecule has 3 nitrogen and oxygen atoms in total. The lowest BCUT2D eigenvalue weighted by molar-refractivity contribution is -0.120. The zero-order valence-electron chi connectivity index (χ0n) is 11.4. The molecule has 0 radical (unpaired) electrons. The van der Waals surface area contributed by atoms with Crippen LogP contribution in [0.15, 0.2) is 24.3 Å². The monoisotopic (exact) mass is 246 g/mol. The highest BCUT2D eigenvalue weighted by Crippen LogP contribution is 2.20. The highest BCUT2D eigenvalue weighted by atomic mass is 16.1. The summed E-state index contributed by atoms with van der Waals surface area (Å²) in [4.78, 5) is 12.1. The van der Waals surface area contributed by atoms with E-state index < -0.39 is 0 Å². The fourth-order valence-electron chi connectivity index (χ4n) is 2.35. The second kappa shape index (κ2) is 5.53. The predicted molar refractivity (Wildman–Crippen MR) is 74.7 cm³/mol. The summed E-state index contributed by atoms with van der Waals surface area (Å²) in [5.41, 5.74) is 2.19. The predicted octanol–water partition coefficient (Wildman–Crippen LogP) is 2.60. The van der Waals surface area contributed by atoms with Crippen LogP contribution in [-0.4, -0.2) is 19.0 Å². The number of nitrogens with one attached hydrogen (secondary N) is 2. The summed E-state index contributed by atoms with van der Waals surface area (Å²) in [7, 11) is 0. The lowest BCUT2D eigenvalue weighted by Gasteiger charge is -2.14. The smallest absolute Gasteiger partial charge is 0.229 e. The molecule has 1 heterocycles. The van der Waals surface area contributed by atoms with E-state index in [1.54, 1.807) is 0 Å². The van der Waals surface area contributed by atoms with E-state index in [1.165, 1.54) is 5.56 Å². The standard InChI is InChI=1S/C15H22N2O/c1-10(2)12-4-6-13(7-5-12)17-15(18)14-9-16-8-11(14)3/h4-7,10-11,14,16H,8-9H2,1-3H3,(H,17,18). The Balaban J connectivity index is 1.98. The van der Waals surface area contributed by atoms with E-state index >= 15 is 0 Å². The molecule has 1 fully saturated rings. The number of anilines is 1. The van der Waals surface area contributed by atoms with Gasteiger partial charge in [-0.2, -0.15) is 0 Å². The maximum atomic E-state index is 12.1. The first-order chi connectivity index (χ1) is 8.58. The molecule has 3 heteroatoms. The molecule has 18 heavy (non-hydrogen) atoms. The Hall–Kier alpha value is -1.35. The van der Waals surface area contributed by atoms with Crippen molar-refractivity contribution in [2.75, 3.05) is 18.4 Å². The van der Waals surface area contributed by atoms with E-state index in [-0.39, 0.29) is 11.8 Å². The van der Waals surface area contributed by atoms with Crippen LogP contribution in [-0.2, 0) is 4.79 Å². The minimum Gasteiger partial charge on any atom is -0.326 e. The topological polar surface area (TPSA) is 41.1 Å². The molecule has 1 amide bonds. The molecule has 0 spiro atoms. The van der Waals surface area contributed by atoms with E-state index in [0.717, 1.165) is 18.8 Å². The largest absolute Gasteiger partial charge is 0.326 e. The SMILES string of the molecule is CC(C)c1ccc(NC(=O)C2CNCC2C)cc1. The van der Waals surface area contributed by atoms with Crippen LogP contribution < -0.4 is 10.6 Å². The van der Waals surface area contributed by atoms with Crippen LogP contribution in [0.2, 0.25) is 0 Å². The lowest BCUT2D eigenvalue weighted by Crippen LogP contribution is -2.27. The van der Waals surface area contributed by atoms with Gasteiger partial charge in [-0.3, -0.25) is 4.79 Å². The van der Waals surface area contributed by atoms with Crippen molar-refractivity contribution in [3.8, 4) is 0 Å². The highest BCUT2D eigenvalue weighted by Gasteiger charge is 2.29. The van der Waals surface area contributed by atoms with Crippen LogP contribution in [0.4, 0.5) is 5.69 Å². The number of amides is 1. The molecule has 0 saturated carbocycles. The molecule has 1 saturated heterocycles. The van der Waals surface area contributed by atoms with Crippen molar-refractivity contribution in [1.82, 2.24) is 5.32 Å². The van der Waals surface area contributed by atoms with Gasteiger partial charge in [0.25, 0.3) is 0 Å². The van der Waals surface area contributed by atoms with Gasteiger partial charge < -0.3 is 10.6 Å². The number of hydrogen-bond donors (Lipinski definition) is 2. The van der Waals surface area contributed by atoms with Gasteiger partial charge in [0.2, 0.25) is 5.91 Å². The molecule has 0 bridgehead atoms. The van der Waals surface area contributed by atoms with Crippen molar-refractivity contribution in [2.45, 2.75) is 26.7 Å². The number of carbonyl (C=O) groups excluding carboxylic acids is 1.